The first kappa shape index (κ1) is 13.9. The summed E-state index contributed by atoms with van der Waals surface area (Å²) in [6, 6.07) is 6.92. The van der Waals surface area contributed by atoms with E-state index in [-0.39, 0.29) is 6.04 Å². The molecule has 0 radical (unpaired) electrons. The third-order valence-corrected chi connectivity index (χ3v) is 6.55. The van der Waals surface area contributed by atoms with Gasteiger partial charge in [-0.2, -0.15) is 4.31 Å². The van der Waals surface area contributed by atoms with Crippen LogP contribution in [0.15, 0.2) is 29.2 Å². The van der Waals surface area contributed by atoms with Crippen LogP contribution < -0.4 is 4.74 Å². The van der Waals surface area contributed by atoms with Crippen LogP contribution in [-0.4, -0.2) is 32.4 Å². The molecular formula is C15H21NO3S. The molecule has 2 fully saturated rings. The van der Waals surface area contributed by atoms with Gasteiger partial charge in [-0.3, -0.25) is 0 Å². The Morgan fingerprint density at radius 1 is 1.10 bits per heavy atom. The first-order valence-electron chi connectivity index (χ1n) is 7.29. The van der Waals surface area contributed by atoms with Crippen LogP contribution in [0.1, 0.15) is 32.1 Å². The Morgan fingerprint density at radius 3 is 2.35 bits per heavy atom. The molecule has 3 rings (SSSR count). The molecule has 1 aromatic rings. The van der Waals surface area contributed by atoms with E-state index in [0.29, 0.717) is 23.1 Å². The number of methoxy groups -OCH3 is 1. The lowest BCUT2D eigenvalue weighted by molar-refractivity contribution is 0.191. The van der Waals surface area contributed by atoms with Crippen LogP contribution in [-0.2, 0) is 10.0 Å². The van der Waals surface area contributed by atoms with Crippen molar-refractivity contribution in [3.05, 3.63) is 24.3 Å². The topological polar surface area (TPSA) is 46.6 Å². The first-order chi connectivity index (χ1) is 9.63. The normalized spacial score (nSPS) is 24.6. The SMILES string of the molecule is COc1ccc(S(=O)(=O)N2CCCC2C2CCC2)cc1. The Bertz CT molecular complexity index is 563. The van der Waals surface area contributed by atoms with Crippen molar-refractivity contribution in [1.29, 1.82) is 0 Å². The van der Waals surface area contributed by atoms with Gasteiger partial charge in [-0.15, -0.1) is 0 Å². The molecule has 1 unspecified atom stereocenters. The fourth-order valence-corrected chi connectivity index (χ4v) is 5.00. The van der Waals surface area contributed by atoms with E-state index in [1.54, 1.807) is 35.7 Å². The average Bonchev–Trinajstić information content (AvgIpc) is 2.86. The second-order valence-electron chi connectivity index (χ2n) is 5.69. The van der Waals surface area contributed by atoms with E-state index in [4.69, 9.17) is 4.74 Å². The van der Waals surface area contributed by atoms with E-state index >= 15 is 0 Å². The van der Waals surface area contributed by atoms with Crippen LogP contribution in [0.25, 0.3) is 0 Å². The predicted molar refractivity (Wildman–Crippen MR) is 77.2 cm³/mol. The van der Waals surface area contributed by atoms with Gasteiger partial charge in [0.25, 0.3) is 0 Å². The van der Waals surface area contributed by atoms with E-state index in [2.05, 4.69) is 0 Å². The third-order valence-electron chi connectivity index (χ3n) is 4.61. The van der Waals surface area contributed by atoms with Gasteiger partial charge in [-0.25, -0.2) is 8.42 Å². The summed E-state index contributed by atoms with van der Waals surface area (Å²) in [6.45, 7) is 0.662. The lowest BCUT2D eigenvalue weighted by Gasteiger charge is -2.36. The standard InChI is InChI=1S/C15H21NO3S/c1-19-13-7-9-14(10-8-13)20(17,18)16-11-3-6-15(16)12-4-2-5-12/h7-10,12,15H,2-6,11H2,1H3. The predicted octanol–water partition coefficient (Wildman–Crippen LogP) is 2.65. The van der Waals surface area contributed by atoms with Crippen LogP contribution in [0.3, 0.4) is 0 Å². The number of ether oxygens (including phenoxy) is 1. The quantitative estimate of drug-likeness (QED) is 0.858. The largest absolute Gasteiger partial charge is 0.497 e. The van der Waals surface area contributed by atoms with Crippen molar-refractivity contribution in [1.82, 2.24) is 4.31 Å². The molecule has 20 heavy (non-hydrogen) atoms. The molecule has 1 heterocycles. The van der Waals surface area contributed by atoms with Crippen molar-refractivity contribution in [2.24, 2.45) is 5.92 Å². The zero-order chi connectivity index (χ0) is 14.2. The van der Waals surface area contributed by atoms with Gasteiger partial charge in [0.05, 0.1) is 12.0 Å². The van der Waals surface area contributed by atoms with Gasteiger partial charge in [-0.1, -0.05) is 6.42 Å². The second-order valence-corrected chi connectivity index (χ2v) is 7.58. The van der Waals surface area contributed by atoms with Gasteiger partial charge in [0.2, 0.25) is 10.0 Å². The number of nitrogens with zero attached hydrogens (tertiary/aromatic N) is 1. The minimum absolute atomic E-state index is 0.218. The van der Waals surface area contributed by atoms with Crippen LogP contribution in [0.2, 0.25) is 0 Å². The molecule has 1 saturated heterocycles. The van der Waals surface area contributed by atoms with Crippen LogP contribution in [0, 0.1) is 5.92 Å². The molecule has 0 spiro atoms. The summed E-state index contributed by atoms with van der Waals surface area (Å²) >= 11 is 0. The minimum Gasteiger partial charge on any atom is -0.497 e. The lowest BCUT2D eigenvalue weighted by atomic mass is 9.79. The van der Waals surface area contributed by atoms with Crippen molar-refractivity contribution in [2.45, 2.75) is 43.0 Å². The molecule has 110 valence electrons. The van der Waals surface area contributed by atoms with Gasteiger partial charge in [0, 0.05) is 12.6 Å². The summed E-state index contributed by atoms with van der Waals surface area (Å²) < 4.78 is 32.4. The number of hydrogen-bond acceptors (Lipinski definition) is 3. The summed E-state index contributed by atoms with van der Waals surface area (Å²) in [7, 11) is -1.78. The average molecular weight is 295 g/mol. The second kappa shape index (κ2) is 5.37. The van der Waals surface area contributed by atoms with Gasteiger partial charge < -0.3 is 4.74 Å². The summed E-state index contributed by atoms with van der Waals surface area (Å²) in [6.07, 6.45) is 5.60. The van der Waals surface area contributed by atoms with Crippen LogP contribution in [0.5, 0.6) is 5.75 Å². The van der Waals surface area contributed by atoms with Crippen LogP contribution >= 0.6 is 0 Å². The number of sulfonamides is 1. The Kier molecular flexibility index (Phi) is 3.73. The maximum Gasteiger partial charge on any atom is 0.243 e. The summed E-state index contributed by atoms with van der Waals surface area (Å²) in [5, 5.41) is 0. The van der Waals surface area contributed by atoms with E-state index in [9.17, 15) is 8.42 Å². The molecule has 0 amide bonds. The monoisotopic (exact) mass is 295 g/mol. The van der Waals surface area contributed by atoms with Gasteiger partial charge >= 0.3 is 0 Å². The number of rotatable bonds is 4. The highest BCUT2D eigenvalue weighted by Crippen LogP contribution is 2.39. The molecule has 0 aromatic heterocycles. The third kappa shape index (κ3) is 2.33. The van der Waals surface area contributed by atoms with Crippen molar-refractivity contribution in [2.75, 3.05) is 13.7 Å². The zero-order valence-corrected chi connectivity index (χ0v) is 12.6. The Morgan fingerprint density at radius 2 is 1.80 bits per heavy atom. The van der Waals surface area contributed by atoms with E-state index in [1.807, 2.05) is 0 Å². The Labute approximate surface area is 120 Å². The number of benzene rings is 1. The summed E-state index contributed by atoms with van der Waals surface area (Å²) in [5.41, 5.74) is 0. The van der Waals surface area contributed by atoms with E-state index < -0.39 is 10.0 Å². The molecule has 1 aliphatic heterocycles. The molecular weight excluding hydrogens is 274 g/mol. The van der Waals surface area contributed by atoms with Crippen molar-refractivity contribution < 1.29 is 13.2 Å². The molecule has 1 aliphatic carbocycles. The molecule has 2 aliphatic rings. The van der Waals surface area contributed by atoms with Crippen molar-refractivity contribution >= 4 is 10.0 Å². The zero-order valence-electron chi connectivity index (χ0n) is 11.8. The van der Waals surface area contributed by atoms with Crippen LogP contribution in [0.4, 0.5) is 0 Å². The fraction of sp³-hybridized carbons (Fsp3) is 0.600. The maximum atomic E-state index is 12.8. The molecule has 1 atom stereocenters. The Balaban J connectivity index is 1.85. The molecule has 0 N–H and O–H groups in total. The highest BCUT2D eigenvalue weighted by Gasteiger charge is 2.41. The fourth-order valence-electron chi connectivity index (χ4n) is 3.24. The molecule has 1 aromatic carbocycles. The highest BCUT2D eigenvalue weighted by atomic mass is 32.2. The minimum atomic E-state index is -3.36. The summed E-state index contributed by atoms with van der Waals surface area (Å²) in [5.74, 6) is 1.26. The van der Waals surface area contributed by atoms with Crippen molar-refractivity contribution in [3.63, 3.8) is 0 Å². The first-order valence-corrected chi connectivity index (χ1v) is 8.73. The molecule has 5 heteroatoms. The van der Waals surface area contributed by atoms with Gasteiger partial charge in [0.1, 0.15) is 5.75 Å². The molecule has 4 nitrogen and oxygen atoms in total. The number of hydrogen-bond donors (Lipinski definition) is 0. The maximum absolute atomic E-state index is 12.8. The summed E-state index contributed by atoms with van der Waals surface area (Å²) in [4.78, 5) is 0.379. The Hall–Kier alpha value is -1.07. The van der Waals surface area contributed by atoms with E-state index in [1.165, 1.54) is 19.3 Å². The van der Waals surface area contributed by atoms with Gasteiger partial charge in [0.15, 0.2) is 0 Å². The smallest absolute Gasteiger partial charge is 0.243 e. The van der Waals surface area contributed by atoms with Gasteiger partial charge in [-0.05, 0) is 55.9 Å². The molecule has 1 saturated carbocycles. The lowest BCUT2D eigenvalue weighted by Crippen LogP contribution is -2.42. The highest BCUT2D eigenvalue weighted by molar-refractivity contribution is 7.89. The van der Waals surface area contributed by atoms with E-state index in [0.717, 1.165) is 12.8 Å². The molecule has 0 bridgehead atoms. The van der Waals surface area contributed by atoms with Crippen molar-refractivity contribution in [3.8, 4) is 5.75 Å².